The van der Waals surface area contributed by atoms with Crippen molar-refractivity contribution >= 4 is 39.1 Å². The van der Waals surface area contributed by atoms with Crippen molar-refractivity contribution in [3.05, 3.63) is 57.0 Å². The molecule has 0 saturated carbocycles. The summed E-state index contributed by atoms with van der Waals surface area (Å²) < 4.78 is 15.0. The van der Waals surface area contributed by atoms with Crippen LogP contribution in [0.15, 0.2) is 34.9 Å². The minimum absolute atomic E-state index is 0.0817. The number of carbonyl (C=O) groups is 1. The number of hydrogen-bond donors (Lipinski definition) is 0. The van der Waals surface area contributed by atoms with Crippen LogP contribution in [0.2, 0.25) is 5.15 Å². The smallest absolute Gasteiger partial charge is 0.231 e. The largest absolute Gasteiger partial charge is 0.306 e. The highest BCUT2D eigenvalue weighted by Gasteiger charge is 2.33. The number of hydrogen-bond acceptors (Lipinski definition) is 2. The SMILES string of the molecule is CC1Cc2cc(Br)cc(F)c2N1C(=O)Cc1cccnc1Cl. The monoisotopic (exact) mass is 382 g/mol. The second-order valence-electron chi connectivity index (χ2n) is 5.34. The number of anilines is 1. The molecule has 1 unspecified atom stereocenters. The third kappa shape index (κ3) is 2.75. The Labute approximate surface area is 141 Å². The Kier molecular flexibility index (Phi) is 4.19. The zero-order valence-electron chi connectivity index (χ0n) is 11.8. The van der Waals surface area contributed by atoms with Crippen LogP contribution in [0.25, 0.3) is 0 Å². The number of carbonyl (C=O) groups excluding carboxylic acids is 1. The van der Waals surface area contributed by atoms with E-state index in [2.05, 4.69) is 20.9 Å². The van der Waals surface area contributed by atoms with Crippen LogP contribution in [-0.2, 0) is 17.6 Å². The minimum Gasteiger partial charge on any atom is -0.306 e. The first-order valence-corrected chi connectivity index (χ1v) is 8.04. The van der Waals surface area contributed by atoms with Crippen LogP contribution in [0.5, 0.6) is 0 Å². The lowest BCUT2D eigenvalue weighted by atomic mass is 10.1. The van der Waals surface area contributed by atoms with E-state index in [0.717, 1.165) is 5.56 Å². The summed E-state index contributed by atoms with van der Waals surface area (Å²) in [5.41, 5.74) is 1.86. The number of aromatic nitrogens is 1. The quantitative estimate of drug-likeness (QED) is 0.730. The summed E-state index contributed by atoms with van der Waals surface area (Å²) in [6.07, 6.45) is 2.31. The number of nitrogens with zero attached hydrogens (tertiary/aromatic N) is 2. The second-order valence-corrected chi connectivity index (χ2v) is 6.62. The van der Waals surface area contributed by atoms with Gasteiger partial charge in [0.05, 0.1) is 12.1 Å². The van der Waals surface area contributed by atoms with Crippen molar-refractivity contribution in [1.82, 2.24) is 4.98 Å². The van der Waals surface area contributed by atoms with E-state index in [4.69, 9.17) is 11.6 Å². The van der Waals surface area contributed by atoms with Crippen molar-refractivity contribution in [3.8, 4) is 0 Å². The number of rotatable bonds is 2. The minimum atomic E-state index is -0.389. The first-order valence-electron chi connectivity index (χ1n) is 6.86. The molecule has 1 atom stereocenters. The molecule has 1 aromatic carbocycles. The predicted molar refractivity (Wildman–Crippen MR) is 87.7 cm³/mol. The molecule has 6 heteroatoms. The molecule has 1 aliphatic rings. The maximum atomic E-state index is 14.3. The van der Waals surface area contributed by atoms with Gasteiger partial charge in [0.25, 0.3) is 0 Å². The third-order valence-corrected chi connectivity index (χ3v) is 4.55. The number of fused-ring (bicyclic) bond motifs is 1. The van der Waals surface area contributed by atoms with Crippen LogP contribution >= 0.6 is 27.5 Å². The van der Waals surface area contributed by atoms with Crippen LogP contribution in [-0.4, -0.2) is 16.9 Å². The van der Waals surface area contributed by atoms with E-state index in [9.17, 15) is 9.18 Å². The van der Waals surface area contributed by atoms with Crippen molar-refractivity contribution in [2.75, 3.05) is 4.90 Å². The van der Waals surface area contributed by atoms with Gasteiger partial charge in [0, 0.05) is 16.7 Å². The Balaban J connectivity index is 1.93. The third-order valence-electron chi connectivity index (χ3n) is 3.75. The zero-order chi connectivity index (χ0) is 15.9. The molecule has 1 aliphatic heterocycles. The maximum absolute atomic E-state index is 14.3. The van der Waals surface area contributed by atoms with E-state index in [1.54, 1.807) is 18.3 Å². The molecule has 0 N–H and O–H groups in total. The molecule has 0 saturated heterocycles. The van der Waals surface area contributed by atoms with E-state index < -0.39 is 0 Å². The van der Waals surface area contributed by atoms with Gasteiger partial charge in [0.1, 0.15) is 11.0 Å². The Morgan fingerprint density at radius 1 is 1.55 bits per heavy atom. The molecule has 114 valence electrons. The first kappa shape index (κ1) is 15.4. The number of amides is 1. The summed E-state index contributed by atoms with van der Waals surface area (Å²) in [6.45, 7) is 1.91. The van der Waals surface area contributed by atoms with Crippen LogP contribution in [0.4, 0.5) is 10.1 Å². The Bertz CT molecular complexity index is 753. The summed E-state index contributed by atoms with van der Waals surface area (Å²) in [5, 5.41) is 0.305. The van der Waals surface area contributed by atoms with Crippen molar-refractivity contribution in [2.24, 2.45) is 0 Å². The molecule has 2 aromatic rings. The summed E-state index contributed by atoms with van der Waals surface area (Å²) in [7, 11) is 0. The molecule has 0 bridgehead atoms. The normalized spacial score (nSPS) is 16.7. The van der Waals surface area contributed by atoms with E-state index >= 15 is 0 Å². The number of halogens is 3. The van der Waals surface area contributed by atoms with Gasteiger partial charge >= 0.3 is 0 Å². The average molecular weight is 384 g/mol. The Morgan fingerprint density at radius 3 is 3.05 bits per heavy atom. The predicted octanol–water partition coefficient (Wildman–Crippen LogP) is 4.16. The average Bonchev–Trinajstić information content (AvgIpc) is 2.77. The molecular weight excluding hydrogens is 371 g/mol. The summed E-state index contributed by atoms with van der Waals surface area (Å²) in [5.74, 6) is -0.568. The van der Waals surface area contributed by atoms with Gasteiger partial charge < -0.3 is 4.90 Å². The van der Waals surface area contributed by atoms with Crippen LogP contribution in [0, 0.1) is 5.82 Å². The fourth-order valence-corrected chi connectivity index (χ4v) is 3.51. The van der Waals surface area contributed by atoms with E-state index in [0.29, 0.717) is 27.3 Å². The van der Waals surface area contributed by atoms with Crippen molar-refractivity contribution < 1.29 is 9.18 Å². The summed E-state index contributed by atoms with van der Waals surface area (Å²) in [6, 6.07) is 6.65. The molecule has 0 fully saturated rings. The lowest BCUT2D eigenvalue weighted by Gasteiger charge is -2.23. The molecule has 22 heavy (non-hydrogen) atoms. The Morgan fingerprint density at radius 2 is 2.32 bits per heavy atom. The van der Waals surface area contributed by atoms with Gasteiger partial charge in [-0.25, -0.2) is 9.37 Å². The number of benzene rings is 1. The van der Waals surface area contributed by atoms with Gasteiger partial charge in [-0.3, -0.25) is 4.79 Å². The molecule has 0 radical (unpaired) electrons. The lowest BCUT2D eigenvalue weighted by molar-refractivity contribution is -0.118. The molecule has 0 spiro atoms. The van der Waals surface area contributed by atoms with E-state index in [-0.39, 0.29) is 24.2 Å². The van der Waals surface area contributed by atoms with Crippen LogP contribution < -0.4 is 4.90 Å². The van der Waals surface area contributed by atoms with Gasteiger partial charge in [-0.15, -0.1) is 0 Å². The van der Waals surface area contributed by atoms with Crippen LogP contribution in [0.1, 0.15) is 18.1 Å². The van der Waals surface area contributed by atoms with Gasteiger partial charge in [0.2, 0.25) is 5.91 Å². The molecule has 2 heterocycles. The Hall–Kier alpha value is -1.46. The maximum Gasteiger partial charge on any atom is 0.231 e. The van der Waals surface area contributed by atoms with Crippen LogP contribution in [0.3, 0.4) is 0 Å². The fraction of sp³-hybridized carbons (Fsp3) is 0.250. The first-order chi connectivity index (χ1) is 10.5. The lowest BCUT2D eigenvalue weighted by Crippen LogP contribution is -2.37. The topological polar surface area (TPSA) is 33.2 Å². The zero-order valence-corrected chi connectivity index (χ0v) is 14.2. The van der Waals surface area contributed by atoms with Crippen molar-refractivity contribution in [3.63, 3.8) is 0 Å². The van der Waals surface area contributed by atoms with Gasteiger partial charge in [-0.1, -0.05) is 33.6 Å². The van der Waals surface area contributed by atoms with Crippen molar-refractivity contribution in [1.29, 1.82) is 0 Å². The van der Waals surface area contributed by atoms with Gasteiger partial charge in [0.15, 0.2) is 0 Å². The highest BCUT2D eigenvalue weighted by molar-refractivity contribution is 9.10. The fourth-order valence-electron chi connectivity index (χ4n) is 2.84. The van der Waals surface area contributed by atoms with E-state index in [1.165, 1.54) is 11.0 Å². The van der Waals surface area contributed by atoms with Gasteiger partial charge in [-0.2, -0.15) is 0 Å². The molecular formula is C16H13BrClFN2O. The van der Waals surface area contributed by atoms with Crippen molar-refractivity contribution in [2.45, 2.75) is 25.8 Å². The number of pyridine rings is 1. The second kappa shape index (κ2) is 5.97. The molecule has 0 aliphatic carbocycles. The molecule has 1 aromatic heterocycles. The molecule has 1 amide bonds. The standard InChI is InChI=1S/C16H13BrClFN2O/c1-9-5-11-6-12(17)8-13(19)15(11)21(9)14(22)7-10-3-2-4-20-16(10)18/h2-4,6,8-9H,5,7H2,1H3. The molecule has 3 nitrogen and oxygen atoms in total. The molecule has 3 rings (SSSR count). The highest BCUT2D eigenvalue weighted by atomic mass is 79.9. The highest BCUT2D eigenvalue weighted by Crippen LogP contribution is 2.37. The van der Waals surface area contributed by atoms with E-state index in [1.807, 2.05) is 13.0 Å². The summed E-state index contributed by atoms with van der Waals surface area (Å²) >= 11 is 9.29. The summed E-state index contributed by atoms with van der Waals surface area (Å²) in [4.78, 5) is 18.1. The van der Waals surface area contributed by atoms with Gasteiger partial charge in [-0.05, 0) is 42.7 Å².